The van der Waals surface area contributed by atoms with Gasteiger partial charge >= 0.3 is 5.97 Å². The second-order valence-corrected chi connectivity index (χ2v) is 5.80. The van der Waals surface area contributed by atoms with Gasteiger partial charge in [0.15, 0.2) is 0 Å². The maximum Gasteiger partial charge on any atom is 0.307 e. The van der Waals surface area contributed by atoms with Crippen LogP contribution in [0.1, 0.15) is 31.2 Å². The Labute approximate surface area is 123 Å². The summed E-state index contributed by atoms with van der Waals surface area (Å²) in [6, 6.07) is 5.57. The molecule has 1 saturated carbocycles. The van der Waals surface area contributed by atoms with Crippen LogP contribution in [0.15, 0.2) is 18.2 Å². The number of hydrogen-bond donors (Lipinski definition) is 1. The third-order valence-corrected chi connectivity index (χ3v) is 4.41. The van der Waals surface area contributed by atoms with Gasteiger partial charge in [-0.15, -0.1) is 0 Å². The van der Waals surface area contributed by atoms with Crippen LogP contribution in [0.4, 0.5) is 0 Å². The minimum absolute atomic E-state index is 0.112. The molecule has 104 valence electrons. The Bertz CT molecular complexity index is 473. The van der Waals surface area contributed by atoms with Crippen LogP contribution in [-0.2, 0) is 16.1 Å². The highest BCUT2D eigenvalue weighted by molar-refractivity contribution is 6.42. The first-order chi connectivity index (χ1) is 9.04. The van der Waals surface area contributed by atoms with E-state index < -0.39 is 0 Å². The maximum atomic E-state index is 11.4. The van der Waals surface area contributed by atoms with E-state index in [1.165, 1.54) is 7.11 Å². The standard InChI is InChI=1S/C14H17Cl2NO2/c1-19-13(18)8-14(5-2-6-14)17-9-10-3-4-11(15)12(16)7-10/h3-4,7,17H,2,5-6,8-9H2,1H3. The van der Waals surface area contributed by atoms with Crippen LogP contribution in [0.2, 0.25) is 10.0 Å². The lowest BCUT2D eigenvalue weighted by molar-refractivity contribution is -0.143. The molecule has 0 bridgehead atoms. The molecule has 1 aliphatic rings. The van der Waals surface area contributed by atoms with Gasteiger partial charge in [-0.2, -0.15) is 0 Å². The molecule has 3 nitrogen and oxygen atoms in total. The van der Waals surface area contributed by atoms with E-state index in [0.717, 1.165) is 24.8 Å². The summed E-state index contributed by atoms with van der Waals surface area (Å²) >= 11 is 11.9. The third-order valence-electron chi connectivity index (χ3n) is 3.67. The molecule has 2 rings (SSSR count). The average molecular weight is 302 g/mol. The van der Waals surface area contributed by atoms with Gasteiger partial charge in [-0.1, -0.05) is 29.3 Å². The quantitative estimate of drug-likeness (QED) is 0.845. The van der Waals surface area contributed by atoms with E-state index in [1.54, 1.807) is 6.07 Å². The van der Waals surface area contributed by atoms with Gasteiger partial charge in [-0.3, -0.25) is 4.79 Å². The highest BCUT2D eigenvalue weighted by Gasteiger charge is 2.38. The fourth-order valence-corrected chi connectivity index (χ4v) is 2.63. The molecule has 5 heteroatoms. The first kappa shape index (κ1) is 14.6. The minimum atomic E-state index is -0.165. The molecule has 0 amide bonds. The van der Waals surface area contributed by atoms with E-state index in [0.29, 0.717) is 23.0 Å². The van der Waals surface area contributed by atoms with E-state index in [-0.39, 0.29) is 11.5 Å². The average Bonchev–Trinajstić information content (AvgIpc) is 2.36. The van der Waals surface area contributed by atoms with Crippen molar-refractivity contribution in [1.29, 1.82) is 0 Å². The van der Waals surface area contributed by atoms with Crippen LogP contribution in [0.3, 0.4) is 0 Å². The second kappa shape index (κ2) is 6.12. The van der Waals surface area contributed by atoms with Crippen molar-refractivity contribution >= 4 is 29.2 Å². The number of hydrogen-bond acceptors (Lipinski definition) is 3. The fourth-order valence-electron chi connectivity index (χ4n) is 2.31. The maximum absolute atomic E-state index is 11.4. The molecule has 1 aliphatic carbocycles. The van der Waals surface area contributed by atoms with Gasteiger partial charge in [-0.25, -0.2) is 0 Å². The lowest BCUT2D eigenvalue weighted by Crippen LogP contribution is -2.52. The highest BCUT2D eigenvalue weighted by atomic mass is 35.5. The first-order valence-electron chi connectivity index (χ1n) is 6.30. The summed E-state index contributed by atoms with van der Waals surface area (Å²) in [5.74, 6) is -0.165. The first-order valence-corrected chi connectivity index (χ1v) is 7.06. The molecule has 0 heterocycles. The second-order valence-electron chi connectivity index (χ2n) is 4.99. The SMILES string of the molecule is COC(=O)CC1(NCc2ccc(Cl)c(Cl)c2)CCC1. The number of rotatable bonds is 5. The minimum Gasteiger partial charge on any atom is -0.469 e. The molecule has 1 aromatic rings. The normalized spacial score (nSPS) is 16.8. The van der Waals surface area contributed by atoms with Crippen molar-refractivity contribution in [2.45, 2.75) is 37.8 Å². The number of benzene rings is 1. The Balaban J connectivity index is 1.96. The van der Waals surface area contributed by atoms with Crippen LogP contribution in [0.25, 0.3) is 0 Å². The number of carbonyl (C=O) groups is 1. The Morgan fingerprint density at radius 1 is 1.37 bits per heavy atom. The number of nitrogens with one attached hydrogen (secondary N) is 1. The molecule has 0 atom stereocenters. The van der Waals surface area contributed by atoms with Gasteiger partial charge in [0.1, 0.15) is 0 Å². The number of ether oxygens (including phenoxy) is 1. The van der Waals surface area contributed by atoms with Crippen molar-refractivity contribution in [2.24, 2.45) is 0 Å². The third kappa shape index (κ3) is 3.62. The zero-order valence-corrected chi connectivity index (χ0v) is 12.4. The van der Waals surface area contributed by atoms with Crippen LogP contribution in [0, 0.1) is 0 Å². The molecule has 1 aromatic carbocycles. The molecule has 0 spiro atoms. The Morgan fingerprint density at radius 3 is 2.63 bits per heavy atom. The lowest BCUT2D eigenvalue weighted by Gasteiger charge is -2.42. The van der Waals surface area contributed by atoms with Crippen molar-refractivity contribution in [3.05, 3.63) is 33.8 Å². The molecule has 0 aromatic heterocycles. The highest BCUT2D eigenvalue weighted by Crippen LogP contribution is 2.35. The summed E-state index contributed by atoms with van der Waals surface area (Å²) in [4.78, 5) is 11.4. The van der Waals surface area contributed by atoms with Crippen LogP contribution in [-0.4, -0.2) is 18.6 Å². The van der Waals surface area contributed by atoms with Crippen molar-refractivity contribution in [1.82, 2.24) is 5.32 Å². The van der Waals surface area contributed by atoms with Crippen molar-refractivity contribution in [3.8, 4) is 0 Å². The van der Waals surface area contributed by atoms with Crippen LogP contribution < -0.4 is 5.32 Å². The number of esters is 1. The fraction of sp³-hybridized carbons (Fsp3) is 0.500. The van der Waals surface area contributed by atoms with Gasteiger partial charge in [-0.05, 0) is 37.0 Å². The molecular weight excluding hydrogens is 285 g/mol. The molecule has 0 radical (unpaired) electrons. The van der Waals surface area contributed by atoms with Crippen LogP contribution >= 0.6 is 23.2 Å². The summed E-state index contributed by atoms with van der Waals surface area (Å²) in [7, 11) is 1.42. The molecule has 19 heavy (non-hydrogen) atoms. The van der Waals surface area contributed by atoms with Gasteiger partial charge in [0, 0.05) is 12.1 Å². The summed E-state index contributed by atoms with van der Waals surface area (Å²) < 4.78 is 4.75. The topological polar surface area (TPSA) is 38.3 Å². The van der Waals surface area contributed by atoms with E-state index in [2.05, 4.69) is 5.32 Å². The lowest BCUT2D eigenvalue weighted by atomic mass is 9.74. The molecule has 0 aliphatic heterocycles. The van der Waals surface area contributed by atoms with Gasteiger partial charge in [0.25, 0.3) is 0 Å². The zero-order valence-electron chi connectivity index (χ0n) is 10.8. The van der Waals surface area contributed by atoms with E-state index in [9.17, 15) is 4.79 Å². The molecule has 1 fully saturated rings. The smallest absolute Gasteiger partial charge is 0.307 e. The summed E-state index contributed by atoms with van der Waals surface area (Å²) in [6.45, 7) is 0.674. The van der Waals surface area contributed by atoms with Gasteiger partial charge in [0.05, 0.1) is 23.6 Å². The van der Waals surface area contributed by atoms with E-state index >= 15 is 0 Å². The molecule has 0 unspecified atom stereocenters. The number of halogens is 2. The monoisotopic (exact) mass is 301 g/mol. The largest absolute Gasteiger partial charge is 0.469 e. The predicted octanol–water partition coefficient (Wildman–Crippen LogP) is 3.57. The summed E-state index contributed by atoms with van der Waals surface area (Å²) in [5, 5.41) is 4.56. The Morgan fingerprint density at radius 2 is 2.11 bits per heavy atom. The van der Waals surface area contributed by atoms with Crippen molar-refractivity contribution in [2.75, 3.05) is 7.11 Å². The van der Waals surface area contributed by atoms with Crippen LogP contribution in [0.5, 0.6) is 0 Å². The number of carbonyl (C=O) groups excluding carboxylic acids is 1. The Kier molecular flexibility index (Phi) is 4.71. The van der Waals surface area contributed by atoms with E-state index in [1.807, 2.05) is 12.1 Å². The van der Waals surface area contributed by atoms with E-state index in [4.69, 9.17) is 27.9 Å². The van der Waals surface area contributed by atoms with Crippen molar-refractivity contribution < 1.29 is 9.53 Å². The zero-order chi connectivity index (χ0) is 13.9. The predicted molar refractivity (Wildman–Crippen MR) is 76.5 cm³/mol. The Hall–Kier alpha value is -0.770. The molecule has 1 N–H and O–H groups in total. The number of methoxy groups -OCH3 is 1. The molecule has 0 saturated heterocycles. The van der Waals surface area contributed by atoms with Gasteiger partial charge < -0.3 is 10.1 Å². The summed E-state index contributed by atoms with van der Waals surface area (Å²) in [5.41, 5.74) is 0.949. The molecular formula is C14H17Cl2NO2. The van der Waals surface area contributed by atoms with Crippen molar-refractivity contribution in [3.63, 3.8) is 0 Å². The van der Waals surface area contributed by atoms with Gasteiger partial charge in [0.2, 0.25) is 0 Å². The summed E-state index contributed by atoms with van der Waals surface area (Å²) in [6.07, 6.45) is 3.57.